The van der Waals surface area contributed by atoms with Gasteiger partial charge >= 0.3 is 5.97 Å². The predicted octanol–water partition coefficient (Wildman–Crippen LogP) is 2.68. The van der Waals surface area contributed by atoms with E-state index in [1.165, 1.54) is 0 Å². The van der Waals surface area contributed by atoms with Gasteiger partial charge in [-0.3, -0.25) is 4.79 Å². The molecule has 0 spiro atoms. The Morgan fingerprint density at radius 3 is 2.88 bits per heavy atom. The van der Waals surface area contributed by atoms with Crippen LogP contribution in [0.2, 0.25) is 0 Å². The minimum atomic E-state index is -0.896. The maximum absolute atomic E-state index is 11.1. The summed E-state index contributed by atoms with van der Waals surface area (Å²) >= 11 is 0. The molecule has 0 aliphatic carbocycles. The number of fused-ring (bicyclic) bond motifs is 1. The molecule has 1 aliphatic rings. The first-order chi connectivity index (χ1) is 12.2. The highest BCUT2D eigenvalue weighted by molar-refractivity contribution is 5.87. The highest BCUT2D eigenvalue weighted by Gasteiger charge is 2.19. The Morgan fingerprint density at radius 1 is 1.28 bits per heavy atom. The molecular formula is C19H24O6. The third-order valence-electron chi connectivity index (χ3n) is 4.46. The van der Waals surface area contributed by atoms with Crippen LogP contribution >= 0.6 is 0 Å². The quantitative estimate of drug-likeness (QED) is 0.762. The van der Waals surface area contributed by atoms with Gasteiger partial charge in [0, 0.05) is 29.5 Å². The third kappa shape index (κ3) is 4.39. The summed E-state index contributed by atoms with van der Waals surface area (Å²) in [5, 5.41) is 19.3. The van der Waals surface area contributed by atoms with Crippen LogP contribution in [0.25, 0.3) is 11.0 Å². The Balaban J connectivity index is 1.79. The molecule has 3 rings (SSSR count). The van der Waals surface area contributed by atoms with Crippen molar-refractivity contribution in [2.45, 2.75) is 44.8 Å². The lowest BCUT2D eigenvalue weighted by Crippen LogP contribution is -2.23. The number of aliphatic hydroxyl groups excluding tert-OH is 1. The second-order valence-electron chi connectivity index (χ2n) is 6.26. The van der Waals surface area contributed by atoms with Gasteiger partial charge in [-0.25, -0.2) is 0 Å². The van der Waals surface area contributed by atoms with E-state index in [9.17, 15) is 9.90 Å². The van der Waals surface area contributed by atoms with E-state index in [1.54, 1.807) is 6.07 Å². The zero-order valence-electron chi connectivity index (χ0n) is 14.2. The first-order valence-electron chi connectivity index (χ1n) is 8.77. The van der Waals surface area contributed by atoms with E-state index in [1.807, 2.05) is 12.1 Å². The number of carboxylic acid groups (broad SMARTS) is 1. The van der Waals surface area contributed by atoms with Gasteiger partial charge in [0.15, 0.2) is 6.29 Å². The highest BCUT2D eigenvalue weighted by atomic mass is 16.7. The maximum Gasteiger partial charge on any atom is 0.307 e. The summed E-state index contributed by atoms with van der Waals surface area (Å²) in [5.74, 6) is -0.199. The molecule has 25 heavy (non-hydrogen) atoms. The molecule has 1 aliphatic heterocycles. The van der Waals surface area contributed by atoms with Crippen LogP contribution in [0, 0.1) is 0 Å². The van der Waals surface area contributed by atoms with E-state index in [0.29, 0.717) is 36.4 Å². The fourth-order valence-electron chi connectivity index (χ4n) is 3.29. The average molecular weight is 348 g/mol. The molecule has 0 bridgehead atoms. The number of hydrogen-bond acceptors (Lipinski definition) is 5. The van der Waals surface area contributed by atoms with E-state index in [4.69, 9.17) is 19.0 Å². The summed E-state index contributed by atoms with van der Waals surface area (Å²) in [7, 11) is 0. The number of aliphatic hydroxyl groups is 1. The van der Waals surface area contributed by atoms with Crippen LogP contribution in [0.3, 0.4) is 0 Å². The van der Waals surface area contributed by atoms with Crippen molar-refractivity contribution < 1.29 is 28.9 Å². The van der Waals surface area contributed by atoms with Gasteiger partial charge in [-0.2, -0.15) is 0 Å². The molecule has 0 radical (unpaired) electrons. The normalized spacial score (nSPS) is 17.9. The number of furan rings is 1. The van der Waals surface area contributed by atoms with Crippen molar-refractivity contribution in [3.8, 4) is 0 Å². The van der Waals surface area contributed by atoms with Gasteiger partial charge in [-0.05, 0) is 25.7 Å². The number of ether oxygens (including phenoxy) is 2. The zero-order chi connectivity index (χ0) is 17.6. The van der Waals surface area contributed by atoms with Crippen LogP contribution in [0.5, 0.6) is 0 Å². The molecule has 6 heteroatoms. The molecular weight excluding hydrogens is 324 g/mol. The third-order valence-corrected chi connectivity index (χ3v) is 4.46. The molecule has 1 saturated heterocycles. The van der Waals surface area contributed by atoms with E-state index >= 15 is 0 Å². The number of hydrogen-bond donors (Lipinski definition) is 2. The number of para-hydroxylation sites is 1. The number of rotatable bonds is 8. The first-order valence-corrected chi connectivity index (χ1v) is 8.77. The van der Waals surface area contributed by atoms with Gasteiger partial charge in [-0.1, -0.05) is 18.2 Å². The average Bonchev–Trinajstić information content (AvgIpc) is 2.95. The minimum Gasteiger partial charge on any atom is -0.481 e. The summed E-state index contributed by atoms with van der Waals surface area (Å²) in [6.07, 6.45) is 3.92. The number of aliphatic carboxylic acids is 1. The molecule has 2 N–H and O–H groups in total. The first kappa shape index (κ1) is 17.9. The Hall–Kier alpha value is -1.89. The second kappa shape index (κ2) is 8.47. The molecule has 1 fully saturated rings. The molecule has 1 aromatic carbocycles. The predicted molar refractivity (Wildman–Crippen MR) is 91.6 cm³/mol. The minimum absolute atomic E-state index is 0.0202. The summed E-state index contributed by atoms with van der Waals surface area (Å²) in [6, 6.07) is 5.53. The van der Waals surface area contributed by atoms with Crippen LogP contribution in [0.15, 0.2) is 22.6 Å². The Morgan fingerprint density at radius 2 is 2.16 bits per heavy atom. The van der Waals surface area contributed by atoms with Crippen molar-refractivity contribution in [1.29, 1.82) is 0 Å². The molecule has 2 aromatic rings. The summed E-state index contributed by atoms with van der Waals surface area (Å²) in [6.45, 7) is 1.22. The number of carboxylic acids is 1. The molecule has 6 nitrogen and oxygen atoms in total. The van der Waals surface area contributed by atoms with Gasteiger partial charge in [0.25, 0.3) is 0 Å². The lowest BCUT2D eigenvalue weighted by Gasteiger charge is -2.22. The number of benzene rings is 1. The lowest BCUT2D eigenvalue weighted by atomic mass is 10.0. The van der Waals surface area contributed by atoms with Gasteiger partial charge < -0.3 is 24.1 Å². The van der Waals surface area contributed by atoms with Crippen LogP contribution in [-0.4, -0.2) is 42.3 Å². The van der Waals surface area contributed by atoms with Gasteiger partial charge in [0.1, 0.15) is 11.3 Å². The van der Waals surface area contributed by atoms with Crippen LogP contribution in [0.1, 0.15) is 36.1 Å². The van der Waals surface area contributed by atoms with E-state index in [2.05, 4.69) is 0 Å². The van der Waals surface area contributed by atoms with Crippen molar-refractivity contribution in [3.63, 3.8) is 0 Å². The molecule has 2 heterocycles. The van der Waals surface area contributed by atoms with Crippen molar-refractivity contribution in [2.75, 3.05) is 19.8 Å². The number of carbonyl (C=O) groups is 1. The van der Waals surface area contributed by atoms with Crippen LogP contribution in [-0.2, 0) is 33.5 Å². The monoisotopic (exact) mass is 348 g/mol. The Bertz CT molecular complexity index is 714. The highest BCUT2D eigenvalue weighted by Crippen LogP contribution is 2.30. The van der Waals surface area contributed by atoms with Gasteiger partial charge in [0.2, 0.25) is 0 Å². The zero-order valence-corrected chi connectivity index (χ0v) is 14.2. The lowest BCUT2D eigenvalue weighted by molar-refractivity contribution is -0.161. The maximum atomic E-state index is 11.1. The van der Waals surface area contributed by atoms with Gasteiger partial charge in [0.05, 0.1) is 19.6 Å². The van der Waals surface area contributed by atoms with Crippen LogP contribution in [0.4, 0.5) is 0 Å². The summed E-state index contributed by atoms with van der Waals surface area (Å²) < 4.78 is 17.3. The van der Waals surface area contributed by atoms with Crippen molar-refractivity contribution in [2.24, 2.45) is 0 Å². The summed E-state index contributed by atoms with van der Waals surface area (Å²) in [5.41, 5.74) is 2.22. The largest absolute Gasteiger partial charge is 0.481 e. The standard InChI is InChI=1S/C19H24O6/c20-9-7-16-14(8-11-24-18-6-1-2-10-23-18)15-5-3-4-13(12-17(21)22)19(15)25-16/h3-5,18,20H,1-2,6-12H2,(H,21,22). The molecule has 1 atom stereocenters. The fourth-order valence-corrected chi connectivity index (χ4v) is 3.29. The van der Waals surface area contributed by atoms with E-state index < -0.39 is 5.97 Å². The Kier molecular flexibility index (Phi) is 6.07. The molecule has 136 valence electrons. The fraction of sp³-hybridized carbons (Fsp3) is 0.526. The van der Waals surface area contributed by atoms with E-state index in [0.717, 1.165) is 36.8 Å². The molecule has 1 aromatic heterocycles. The molecule has 0 saturated carbocycles. The van der Waals surface area contributed by atoms with Crippen LogP contribution < -0.4 is 0 Å². The second-order valence-corrected chi connectivity index (χ2v) is 6.26. The Labute approximate surface area is 146 Å². The smallest absolute Gasteiger partial charge is 0.307 e. The van der Waals surface area contributed by atoms with Gasteiger partial charge in [-0.15, -0.1) is 0 Å². The van der Waals surface area contributed by atoms with Crippen molar-refractivity contribution >= 4 is 16.9 Å². The summed E-state index contributed by atoms with van der Waals surface area (Å²) in [4.78, 5) is 11.1. The SMILES string of the molecule is O=C(O)Cc1cccc2c(CCOC3CCCCO3)c(CCO)oc12. The molecule has 0 amide bonds. The molecule has 1 unspecified atom stereocenters. The van der Waals surface area contributed by atoms with Crippen molar-refractivity contribution in [1.82, 2.24) is 0 Å². The topological polar surface area (TPSA) is 89.1 Å². The van der Waals surface area contributed by atoms with Crippen molar-refractivity contribution in [3.05, 3.63) is 35.1 Å². The van der Waals surface area contributed by atoms with E-state index in [-0.39, 0.29) is 19.3 Å².